The van der Waals surface area contributed by atoms with Crippen LogP contribution in [0.25, 0.3) is 0 Å². The fourth-order valence-corrected chi connectivity index (χ4v) is 3.09. The van der Waals surface area contributed by atoms with E-state index in [1.165, 1.54) is 11.1 Å². The van der Waals surface area contributed by atoms with Crippen molar-refractivity contribution in [3.8, 4) is 5.75 Å². The molecule has 0 radical (unpaired) electrons. The summed E-state index contributed by atoms with van der Waals surface area (Å²) >= 11 is 10.1. The average Bonchev–Trinajstić information content (AvgIpc) is 2.42. The number of halogens is 2. The molecule has 0 amide bonds. The van der Waals surface area contributed by atoms with Gasteiger partial charge in [0.05, 0.1) is 11.9 Å². The van der Waals surface area contributed by atoms with E-state index in [1.807, 2.05) is 30.3 Å². The highest BCUT2D eigenvalue weighted by molar-refractivity contribution is 9.09. The van der Waals surface area contributed by atoms with Gasteiger partial charge in [-0.1, -0.05) is 45.7 Å². The Labute approximate surface area is 127 Å². The maximum Gasteiger partial charge on any atom is 0.118 e. The summed E-state index contributed by atoms with van der Waals surface area (Å²) < 4.78 is 5.17. The number of hydrogen-bond donors (Lipinski definition) is 0. The molecule has 2 aromatic rings. The molecule has 19 heavy (non-hydrogen) atoms. The molecule has 0 fully saturated rings. The zero-order chi connectivity index (χ0) is 14.0. The van der Waals surface area contributed by atoms with Gasteiger partial charge in [0.2, 0.25) is 0 Å². The molecular formula is C16H16BrClO. The van der Waals surface area contributed by atoms with Crippen molar-refractivity contribution in [1.82, 2.24) is 0 Å². The molecule has 0 aliphatic heterocycles. The van der Waals surface area contributed by atoms with Crippen LogP contribution >= 0.6 is 27.5 Å². The van der Waals surface area contributed by atoms with Crippen LogP contribution in [0.2, 0.25) is 5.02 Å². The highest BCUT2D eigenvalue weighted by atomic mass is 79.9. The number of benzene rings is 2. The summed E-state index contributed by atoms with van der Waals surface area (Å²) in [7, 11) is 1.67. The lowest BCUT2D eigenvalue weighted by atomic mass is 10.00. The van der Waals surface area contributed by atoms with Crippen molar-refractivity contribution in [2.75, 3.05) is 7.11 Å². The molecule has 3 heteroatoms. The molecular weight excluding hydrogens is 324 g/mol. The Morgan fingerprint density at radius 3 is 2.21 bits per heavy atom. The summed E-state index contributed by atoms with van der Waals surface area (Å²) in [4.78, 5) is 0.0882. The van der Waals surface area contributed by atoms with Crippen LogP contribution in [0.1, 0.15) is 27.1 Å². The Morgan fingerprint density at radius 2 is 1.63 bits per heavy atom. The molecule has 100 valence electrons. The van der Waals surface area contributed by atoms with E-state index in [-0.39, 0.29) is 4.83 Å². The van der Waals surface area contributed by atoms with Crippen molar-refractivity contribution in [1.29, 1.82) is 0 Å². The maximum absolute atomic E-state index is 6.35. The number of hydrogen-bond acceptors (Lipinski definition) is 1. The molecule has 1 nitrogen and oxygen atoms in total. The largest absolute Gasteiger partial charge is 0.497 e. The first-order valence-electron chi connectivity index (χ1n) is 6.07. The van der Waals surface area contributed by atoms with Crippen molar-refractivity contribution in [3.05, 3.63) is 63.7 Å². The lowest BCUT2D eigenvalue weighted by Gasteiger charge is -2.15. The van der Waals surface area contributed by atoms with Gasteiger partial charge in [-0.3, -0.25) is 0 Å². The Bertz CT molecular complexity index is 578. The molecule has 1 unspecified atom stereocenters. The van der Waals surface area contributed by atoms with Crippen LogP contribution in [0.15, 0.2) is 36.4 Å². The van der Waals surface area contributed by atoms with Gasteiger partial charge >= 0.3 is 0 Å². The predicted octanol–water partition coefficient (Wildman–Crippen LogP) is 5.45. The summed E-state index contributed by atoms with van der Waals surface area (Å²) in [6.45, 7) is 4.17. The molecule has 0 saturated heterocycles. The van der Waals surface area contributed by atoms with E-state index in [0.717, 1.165) is 21.9 Å². The second kappa shape index (κ2) is 5.98. The standard InChI is InChI=1S/C16H16BrClO/c1-10-8-14(15(18)9-11(10)2)16(17)12-4-6-13(19-3)7-5-12/h4-9,16H,1-3H3. The fourth-order valence-electron chi connectivity index (χ4n) is 1.95. The average molecular weight is 340 g/mol. The van der Waals surface area contributed by atoms with Crippen LogP contribution in [0.4, 0.5) is 0 Å². The third-order valence-electron chi connectivity index (χ3n) is 3.29. The molecule has 0 bridgehead atoms. The molecule has 0 heterocycles. The Hall–Kier alpha value is -0.990. The lowest BCUT2D eigenvalue weighted by molar-refractivity contribution is 0.414. The van der Waals surface area contributed by atoms with E-state index in [1.54, 1.807) is 7.11 Å². The van der Waals surface area contributed by atoms with Crippen LogP contribution in [-0.2, 0) is 0 Å². The van der Waals surface area contributed by atoms with E-state index >= 15 is 0 Å². The molecule has 0 spiro atoms. The summed E-state index contributed by atoms with van der Waals surface area (Å²) in [6, 6.07) is 12.2. The minimum atomic E-state index is 0.0882. The molecule has 2 rings (SSSR count). The lowest BCUT2D eigenvalue weighted by Crippen LogP contribution is -1.96. The van der Waals surface area contributed by atoms with Crippen LogP contribution < -0.4 is 4.74 Å². The molecule has 1 atom stereocenters. The van der Waals surface area contributed by atoms with E-state index in [4.69, 9.17) is 16.3 Å². The summed E-state index contributed by atoms with van der Waals surface area (Å²) in [5.74, 6) is 0.856. The number of aryl methyl sites for hydroxylation is 2. The van der Waals surface area contributed by atoms with Crippen molar-refractivity contribution in [3.63, 3.8) is 0 Å². The molecule has 0 aliphatic rings. The summed E-state index contributed by atoms with van der Waals surface area (Å²) in [5, 5.41) is 0.792. The minimum Gasteiger partial charge on any atom is -0.497 e. The first-order chi connectivity index (χ1) is 9.02. The normalized spacial score (nSPS) is 12.3. The van der Waals surface area contributed by atoms with Gasteiger partial charge in [0.1, 0.15) is 5.75 Å². The first-order valence-corrected chi connectivity index (χ1v) is 7.37. The van der Waals surface area contributed by atoms with Crippen molar-refractivity contribution >= 4 is 27.5 Å². The minimum absolute atomic E-state index is 0.0882. The molecule has 2 aromatic carbocycles. The van der Waals surface area contributed by atoms with Gasteiger partial charge in [-0.15, -0.1) is 0 Å². The predicted molar refractivity (Wildman–Crippen MR) is 84.7 cm³/mol. The van der Waals surface area contributed by atoms with Crippen LogP contribution in [0, 0.1) is 13.8 Å². The van der Waals surface area contributed by atoms with Crippen molar-refractivity contribution in [2.45, 2.75) is 18.7 Å². The van der Waals surface area contributed by atoms with Gasteiger partial charge in [-0.05, 0) is 54.3 Å². The van der Waals surface area contributed by atoms with Gasteiger partial charge in [0, 0.05) is 5.02 Å². The second-order valence-electron chi connectivity index (χ2n) is 4.59. The van der Waals surface area contributed by atoms with Gasteiger partial charge in [-0.25, -0.2) is 0 Å². The SMILES string of the molecule is COc1ccc(C(Br)c2cc(C)c(C)cc2Cl)cc1. The third-order valence-corrected chi connectivity index (χ3v) is 4.64. The van der Waals surface area contributed by atoms with Crippen molar-refractivity contribution in [2.24, 2.45) is 0 Å². The number of methoxy groups -OCH3 is 1. The van der Waals surface area contributed by atoms with Gasteiger partial charge < -0.3 is 4.74 Å². The molecule has 0 N–H and O–H groups in total. The van der Waals surface area contributed by atoms with Gasteiger partial charge in [-0.2, -0.15) is 0 Å². The van der Waals surface area contributed by atoms with Crippen LogP contribution in [-0.4, -0.2) is 7.11 Å². The highest BCUT2D eigenvalue weighted by Gasteiger charge is 2.15. The fraction of sp³-hybridized carbons (Fsp3) is 0.250. The molecule has 0 aromatic heterocycles. The summed E-state index contributed by atoms with van der Waals surface area (Å²) in [6.07, 6.45) is 0. The van der Waals surface area contributed by atoms with Gasteiger partial charge in [0.15, 0.2) is 0 Å². The van der Waals surface area contributed by atoms with Gasteiger partial charge in [0.25, 0.3) is 0 Å². The monoisotopic (exact) mass is 338 g/mol. The Kier molecular flexibility index (Phi) is 4.54. The quantitative estimate of drug-likeness (QED) is 0.676. The van der Waals surface area contributed by atoms with E-state index in [0.29, 0.717) is 0 Å². The zero-order valence-electron chi connectivity index (χ0n) is 11.2. The number of alkyl halides is 1. The van der Waals surface area contributed by atoms with Crippen LogP contribution in [0.5, 0.6) is 5.75 Å². The van der Waals surface area contributed by atoms with E-state index in [9.17, 15) is 0 Å². The number of rotatable bonds is 3. The molecule has 0 saturated carbocycles. The Balaban J connectivity index is 2.37. The van der Waals surface area contributed by atoms with Crippen LogP contribution in [0.3, 0.4) is 0 Å². The topological polar surface area (TPSA) is 9.23 Å². The first kappa shape index (κ1) is 14.4. The zero-order valence-corrected chi connectivity index (χ0v) is 13.5. The molecule has 0 aliphatic carbocycles. The second-order valence-corrected chi connectivity index (χ2v) is 5.92. The highest BCUT2D eigenvalue weighted by Crippen LogP contribution is 2.37. The smallest absolute Gasteiger partial charge is 0.118 e. The van der Waals surface area contributed by atoms with E-state index in [2.05, 4.69) is 35.8 Å². The number of ether oxygens (including phenoxy) is 1. The maximum atomic E-state index is 6.35. The Morgan fingerprint density at radius 1 is 1.05 bits per heavy atom. The van der Waals surface area contributed by atoms with Crippen molar-refractivity contribution < 1.29 is 4.74 Å². The third kappa shape index (κ3) is 3.13. The summed E-state index contributed by atoms with van der Waals surface area (Å²) in [5.41, 5.74) is 4.71. The van der Waals surface area contributed by atoms with E-state index < -0.39 is 0 Å².